The first-order chi connectivity index (χ1) is 6.65. The highest BCUT2D eigenvalue weighted by molar-refractivity contribution is 9.10. The van der Waals surface area contributed by atoms with Gasteiger partial charge in [-0.15, -0.1) is 0 Å². The second-order valence-electron chi connectivity index (χ2n) is 4.29. The van der Waals surface area contributed by atoms with Crippen LogP contribution in [-0.4, -0.2) is 33.8 Å². The monoisotopic (exact) mass is 257 g/mol. The van der Waals surface area contributed by atoms with E-state index in [4.69, 9.17) is 0 Å². The van der Waals surface area contributed by atoms with Crippen LogP contribution in [0.2, 0.25) is 0 Å². The Morgan fingerprint density at radius 2 is 2.29 bits per heavy atom. The molecule has 78 valence electrons. The minimum atomic E-state index is 0.690. The van der Waals surface area contributed by atoms with Gasteiger partial charge in [-0.1, -0.05) is 0 Å². The van der Waals surface area contributed by atoms with Crippen molar-refractivity contribution in [2.45, 2.75) is 26.4 Å². The van der Waals surface area contributed by atoms with Crippen molar-refractivity contribution in [3.05, 3.63) is 16.9 Å². The van der Waals surface area contributed by atoms with Crippen LogP contribution < -0.4 is 0 Å². The molecule has 0 saturated carbocycles. The van der Waals surface area contributed by atoms with E-state index in [0.717, 1.165) is 16.9 Å². The summed E-state index contributed by atoms with van der Waals surface area (Å²) in [6.07, 6.45) is 3.89. The molecule has 0 bridgehead atoms. The van der Waals surface area contributed by atoms with Gasteiger partial charge in [0.15, 0.2) is 0 Å². The number of halogens is 1. The minimum absolute atomic E-state index is 0.690. The third-order valence-electron chi connectivity index (χ3n) is 2.76. The lowest BCUT2D eigenvalue weighted by Crippen LogP contribution is -2.51. The van der Waals surface area contributed by atoms with Crippen molar-refractivity contribution in [2.75, 3.05) is 13.1 Å². The SMILES string of the molecule is CC(C)N1CC(Cn2cc(Br)cn2)C1. The number of hydrogen-bond acceptors (Lipinski definition) is 2. The number of hydrogen-bond donors (Lipinski definition) is 0. The lowest BCUT2D eigenvalue weighted by atomic mass is 9.98. The maximum absolute atomic E-state index is 4.26. The molecule has 4 heteroatoms. The first-order valence-electron chi connectivity index (χ1n) is 5.07. The van der Waals surface area contributed by atoms with Crippen LogP contribution in [-0.2, 0) is 6.54 Å². The van der Waals surface area contributed by atoms with Crippen LogP contribution in [0, 0.1) is 5.92 Å². The average molecular weight is 258 g/mol. The molecule has 14 heavy (non-hydrogen) atoms. The lowest BCUT2D eigenvalue weighted by Gasteiger charge is -2.42. The topological polar surface area (TPSA) is 21.1 Å². The van der Waals surface area contributed by atoms with Crippen LogP contribution in [0.15, 0.2) is 16.9 Å². The summed E-state index contributed by atoms with van der Waals surface area (Å²) in [6.45, 7) is 7.99. The Bertz CT molecular complexity index is 302. The molecule has 0 aliphatic carbocycles. The van der Waals surface area contributed by atoms with Crippen molar-refractivity contribution in [3.8, 4) is 0 Å². The van der Waals surface area contributed by atoms with Crippen LogP contribution in [0.1, 0.15) is 13.8 Å². The predicted octanol–water partition coefficient (Wildman–Crippen LogP) is 1.99. The molecule has 1 aromatic heterocycles. The van der Waals surface area contributed by atoms with Crippen molar-refractivity contribution in [1.82, 2.24) is 14.7 Å². The first kappa shape index (κ1) is 10.2. The maximum Gasteiger partial charge on any atom is 0.0632 e. The summed E-state index contributed by atoms with van der Waals surface area (Å²) in [5.74, 6) is 0.782. The summed E-state index contributed by atoms with van der Waals surface area (Å²) >= 11 is 3.40. The smallest absolute Gasteiger partial charge is 0.0632 e. The zero-order valence-electron chi connectivity index (χ0n) is 8.65. The Balaban J connectivity index is 1.79. The van der Waals surface area contributed by atoms with Crippen molar-refractivity contribution in [3.63, 3.8) is 0 Å². The van der Waals surface area contributed by atoms with Crippen LogP contribution >= 0.6 is 15.9 Å². The molecular formula is C10H16BrN3. The Morgan fingerprint density at radius 1 is 1.57 bits per heavy atom. The maximum atomic E-state index is 4.26. The number of likely N-dealkylation sites (tertiary alicyclic amines) is 1. The summed E-state index contributed by atoms with van der Waals surface area (Å²) in [4.78, 5) is 2.49. The van der Waals surface area contributed by atoms with E-state index in [1.165, 1.54) is 13.1 Å². The summed E-state index contributed by atoms with van der Waals surface area (Å²) in [5, 5.41) is 4.26. The van der Waals surface area contributed by atoms with Crippen molar-refractivity contribution in [1.29, 1.82) is 0 Å². The van der Waals surface area contributed by atoms with Crippen molar-refractivity contribution < 1.29 is 0 Å². The van der Waals surface area contributed by atoms with Crippen molar-refractivity contribution >= 4 is 15.9 Å². The zero-order chi connectivity index (χ0) is 10.1. The molecular weight excluding hydrogens is 242 g/mol. The van der Waals surface area contributed by atoms with Gasteiger partial charge in [0.25, 0.3) is 0 Å². The van der Waals surface area contributed by atoms with Crippen LogP contribution in [0.25, 0.3) is 0 Å². The molecule has 0 atom stereocenters. The van der Waals surface area contributed by atoms with Gasteiger partial charge in [0.2, 0.25) is 0 Å². The third kappa shape index (κ3) is 2.17. The summed E-state index contributed by atoms with van der Waals surface area (Å²) in [7, 11) is 0. The van der Waals surface area contributed by atoms with Crippen LogP contribution in [0.4, 0.5) is 0 Å². The highest BCUT2D eigenvalue weighted by Crippen LogP contribution is 2.20. The third-order valence-corrected chi connectivity index (χ3v) is 3.17. The molecule has 1 aliphatic heterocycles. The van der Waals surface area contributed by atoms with Gasteiger partial charge in [-0.05, 0) is 29.8 Å². The van der Waals surface area contributed by atoms with Crippen LogP contribution in [0.5, 0.6) is 0 Å². The molecule has 1 aromatic rings. The minimum Gasteiger partial charge on any atom is -0.300 e. The fourth-order valence-electron chi connectivity index (χ4n) is 1.85. The molecule has 1 saturated heterocycles. The number of rotatable bonds is 3. The van der Waals surface area contributed by atoms with E-state index in [2.05, 4.69) is 39.8 Å². The van der Waals surface area contributed by atoms with Crippen LogP contribution in [0.3, 0.4) is 0 Å². The Morgan fingerprint density at radius 3 is 2.79 bits per heavy atom. The quantitative estimate of drug-likeness (QED) is 0.826. The molecule has 2 rings (SSSR count). The van der Waals surface area contributed by atoms with Gasteiger partial charge in [-0.2, -0.15) is 5.10 Å². The fraction of sp³-hybridized carbons (Fsp3) is 0.700. The van der Waals surface area contributed by atoms with Gasteiger partial charge in [0, 0.05) is 37.8 Å². The molecule has 2 heterocycles. The molecule has 0 aromatic carbocycles. The van der Waals surface area contributed by atoms with E-state index >= 15 is 0 Å². The van der Waals surface area contributed by atoms with E-state index in [0.29, 0.717) is 6.04 Å². The van der Waals surface area contributed by atoms with Gasteiger partial charge in [-0.3, -0.25) is 4.68 Å². The molecule has 3 nitrogen and oxygen atoms in total. The van der Waals surface area contributed by atoms with Gasteiger partial charge in [0.05, 0.1) is 10.7 Å². The summed E-state index contributed by atoms with van der Waals surface area (Å²) in [5.41, 5.74) is 0. The van der Waals surface area contributed by atoms with Gasteiger partial charge >= 0.3 is 0 Å². The Kier molecular flexibility index (Phi) is 2.93. The Labute approximate surface area is 93.2 Å². The molecule has 0 spiro atoms. The summed E-state index contributed by atoms with van der Waals surface area (Å²) < 4.78 is 3.09. The second-order valence-corrected chi connectivity index (χ2v) is 5.21. The van der Waals surface area contributed by atoms with Crippen molar-refractivity contribution in [2.24, 2.45) is 5.92 Å². The fourth-order valence-corrected chi connectivity index (χ4v) is 2.18. The highest BCUT2D eigenvalue weighted by atomic mass is 79.9. The summed E-state index contributed by atoms with van der Waals surface area (Å²) in [6, 6.07) is 0.690. The lowest BCUT2D eigenvalue weighted by molar-refractivity contribution is 0.0554. The number of nitrogens with zero attached hydrogens (tertiary/aromatic N) is 3. The normalized spacial score (nSPS) is 18.9. The predicted molar refractivity (Wildman–Crippen MR) is 60.1 cm³/mol. The van der Waals surface area contributed by atoms with E-state index < -0.39 is 0 Å². The zero-order valence-corrected chi connectivity index (χ0v) is 10.2. The molecule has 0 unspecified atom stereocenters. The first-order valence-corrected chi connectivity index (χ1v) is 5.86. The van der Waals surface area contributed by atoms with E-state index in [-0.39, 0.29) is 0 Å². The molecule has 0 radical (unpaired) electrons. The van der Waals surface area contributed by atoms with Gasteiger partial charge in [-0.25, -0.2) is 0 Å². The van der Waals surface area contributed by atoms with E-state index in [9.17, 15) is 0 Å². The van der Waals surface area contributed by atoms with E-state index in [1.807, 2.05) is 17.1 Å². The number of aromatic nitrogens is 2. The molecule has 0 amide bonds. The van der Waals surface area contributed by atoms with E-state index in [1.54, 1.807) is 0 Å². The standard InChI is InChI=1S/C10H16BrN3/c1-8(2)13-4-9(5-13)6-14-7-10(11)3-12-14/h3,7-9H,4-6H2,1-2H3. The highest BCUT2D eigenvalue weighted by Gasteiger charge is 2.28. The second kappa shape index (κ2) is 4.03. The molecule has 1 fully saturated rings. The van der Waals surface area contributed by atoms with Gasteiger partial charge < -0.3 is 4.90 Å². The Hall–Kier alpha value is -0.350. The largest absolute Gasteiger partial charge is 0.300 e. The van der Waals surface area contributed by atoms with Gasteiger partial charge in [0.1, 0.15) is 0 Å². The average Bonchev–Trinajstić information content (AvgIpc) is 2.42. The molecule has 0 N–H and O–H groups in total. The molecule has 1 aliphatic rings.